The summed E-state index contributed by atoms with van der Waals surface area (Å²) in [5.41, 5.74) is 4.87. The first-order valence-corrected chi connectivity index (χ1v) is 9.05. The number of ether oxygens (including phenoxy) is 1. The lowest BCUT2D eigenvalue weighted by molar-refractivity contribution is -0.0228. The second-order valence-corrected chi connectivity index (χ2v) is 7.46. The fourth-order valence-corrected chi connectivity index (χ4v) is 4.01. The quantitative estimate of drug-likeness (QED) is 0.725. The molecule has 0 N–H and O–H groups in total. The highest BCUT2D eigenvalue weighted by atomic mass is 35.5. The van der Waals surface area contributed by atoms with Crippen molar-refractivity contribution >= 4 is 29.1 Å². The van der Waals surface area contributed by atoms with Crippen molar-refractivity contribution in [2.45, 2.75) is 26.9 Å². The van der Waals surface area contributed by atoms with Crippen molar-refractivity contribution in [2.24, 2.45) is 0 Å². The summed E-state index contributed by atoms with van der Waals surface area (Å²) in [6, 6.07) is 9.48. The van der Waals surface area contributed by atoms with Gasteiger partial charge >= 0.3 is 0 Å². The minimum Gasteiger partial charge on any atom is -0.370 e. The Labute approximate surface area is 158 Å². The second-order valence-electron chi connectivity index (χ2n) is 6.59. The summed E-state index contributed by atoms with van der Waals surface area (Å²) in [6.07, 6.45) is -0.222. The Morgan fingerprint density at radius 1 is 1.04 bits per heavy atom. The van der Waals surface area contributed by atoms with Gasteiger partial charge in [0.05, 0.1) is 13.2 Å². The monoisotopic (exact) mass is 377 g/mol. The summed E-state index contributed by atoms with van der Waals surface area (Å²) in [5, 5.41) is 1.14. The maximum absolute atomic E-state index is 13.1. The van der Waals surface area contributed by atoms with Gasteiger partial charge in [-0.15, -0.1) is 0 Å². The van der Waals surface area contributed by atoms with E-state index in [4.69, 9.17) is 27.9 Å². The number of hydrogen-bond donors (Lipinski definition) is 0. The summed E-state index contributed by atoms with van der Waals surface area (Å²) < 4.78 is 5.86. The van der Waals surface area contributed by atoms with E-state index in [0.29, 0.717) is 29.7 Å². The van der Waals surface area contributed by atoms with Crippen LogP contribution >= 0.6 is 23.2 Å². The Kier molecular flexibility index (Phi) is 5.38. The van der Waals surface area contributed by atoms with Crippen LogP contribution in [0.3, 0.4) is 0 Å². The number of hydrogen-bond acceptors (Lipinski definition) is 2. The fraction of sp³-hybridized carbons (Fsp3) is 0.350. The number of nitrogens with zero attached hydrogens (tertiary/aromatic N) is 1. The van der Waals surface area contributed by atoms with Gasteiger partial charge < -0.3 is 9.64 Å². The molecular formula is C20H21Cl2NO2. The molecule has 1 aliphatic rings. The molecule has 1 aliphatic heterocycles. The van der Waals surface area contributed by atoms with Crippen molar-refractivity contribution in [3.63, 3.8) is 0 Å². The van der Waals surface area contributed by atoms with Gasteiger partial charge in [-0.2, -0.15) is 0 Å². The van der Waals surface area contributed by atoms with Gasteiger partial charge in [0.15, 0.2) is 0 Å². The first kappa shape index (κ1) is 18.2. The van der Waals surface area contributed by atoms with Crippen molar-refractivity contribution in [3.05, 3.63) is 68.2 Å². The largest absolute Gasteiger partial charge is 0.370 e. The van der Waals surface area contributed by atoms with E-state index in [9.17, 15) is 4.79 Å². The first-order valence-electron chi connectivity index (χ1n) is 8.30. The number of carbonyl (C=O) groups is 1. The SMILES string of the molecule is Cc1cc(C)c(C(=O)N2CCOC(c3cc(Cl)cc(Cl)c3)C2)c(C)c1. The van der Waals surface area contributed by atoms with Crippen LogP contribution in [0.4, 0.5) is 0 Å². The van der Waals surface area contributed by atoms with Crippen LogP contribution in [0.15, 0.2) is 30.3 Å². The summed E-state index contributed by atoms with van der Waals surface area (Å²) in [7, 11) is 0. The van der Waals surface area contributed by atoms with Gasteiger partial charge in [0.2, 0.25) is 0 Å². The van der Waals surface area contributed by atoms with E-state index in [1.54, 1.807) is 6.07 Å². The Bertz CT molecular complexity index is 776. The summed E-state index contributed by atoms with van der Waals surface area (Å²) in [5.74, 6) is 0.0522. The van der Waals surface area contributed by atoms with Crippen LogP contribution in [0, 0.1) is 20.8 Å². The molecule has 1 unspecified atom stereocenters. The maximum Gasteiger partial charge on any atom is 0.254 e. The lowest BCUT2D eigenvalue weighted by Crippen LogP contribution is -2.42. The minimum absolute atomic E-state index is 0.0522. The fourth-order valence-electron chi connectivity index (χ4n) is 3.47. The molecule has 3 rings (SSSR count). The number of halogens is 2. The molecule has 1 amide bonds. The standard InChI is InChI=1S/C20H21Cl2NO2/c1-12-6-13(2)19(14(3)7-12)20(24)23-4-5-25-18(11-23)15-8-16(21)10-17(22)9-15/h6-10,18H,4-5,11H2,1-3H3. The molecule has 1 atom stereocenters. The highest BCUT2D eigenvalue weighted by molar-refractivity contribution is 6.34. The van der Waals surface area contributed by atoms with Crippen molar-refractivity contribution in [3.8, 4) is 0 Å². The molecule has 0 saturated carbocycles. The van der Waals surface area contributed by atoms with Crippen LogP contribution in [-0.2, 0) is 4.74 Å². The van der Waals surface area contributed by atoms with Crippen molar-refractivity contribution in [1.82, 2.24) is 4.90 Å². The highest BCUT2D eigenvalue weighted by Crippen LogP contribution is 2.29. The number of morpholine rings is 1. The maximum atomic E-state index is 13.1. The van der Waals surface area contributed by atoms with Gasteiger partial charge in [0.25, 0.3) is 5.91 Å². The van der Waals surface area contributed by atoms with Gasteiger partial charge in [-0.3, -0.25) is 4.79 Å². The molecule has 2 aromatic rings. The average molecular weight is 378 g/mol. The minimum atomic E-state index is -0.222. The molecule has 1 saturated heterocycles. The van der Waals surface area contributed by atoms with E-state index in [-0.39, 0.29) is 12.0 Å². The Morgan fingerprint density at radius 2 is 1.64 bits per heavy atom. The predicted octanol–water partition coefficient (Wildman–Crippen LogP) is 5.13. The third kappa shape index (κ3) is 4.00. The molecule has 0 bridgehead atoms. The third-order valence-electron chi connectivity index (χ3n) is 4.50. The van der Waals surface area contributed by atoms with E-state index in [0.717, 1.165) is 22.3 Å². The highest BCUT2D eigenvalue weighted by Gasteiger charge is 2.28. The molecule has 25 heavy (non-hydrogen) atoms. The topological polar surface area (TPSA) is 29.5 Å². The second kappa shape index (κ2) is 7.36. The van der Waals surface area contributed by atoms with E-state index >= 15 is 0 Å². The molecule has 0 spiro atoms. The third-order valence-corrected chi connectivity index (χ3v) is 4.94. The molecule has 5 heteroatoms. The van der Waals surface area contributed by atoms with Crippen LogP contribution < -0.4 is 0 Å². The van der Waals surface area contributed by atoms with Gasteiger partial charge in [0, 0.05) is 22.2 Å². The summed E-state index contributed by atoms with van der Waals surface area (Å²) >= 11 is 12.2. The van der Waals surface area contributed by atoms with E-state index in [1.807, 2.05) is 37.8 Å². The van der Waals surface area contributed by atoms with Gasteiger partial charge in [-0.25, -0.2) is 0 Å². The summed E-state index contributed by atoms with van der Waals surface area (Å²) in [6.45, 7) is 7.58. The first-order chi connectivity index (χ1) is 11.8. The normalized spacial score (nSPS) is 17.6. The average Bonchev–Trinajstić information content (AvgIpc) is 2.53. The molecule has 1 heterocycles. The zero-order valence-corrected chi connectivity index (χ0v) is 16.1. The zero-order valence-electron chi connectivity index (χ0n) is 14.6. The van der Waals surface area contributed by atoms with Crippen molar-refractivity contribution < 1.29 is 9.53 Å². The molecule has 3 nitrogen and oxygen atoms in total. The van der Waals surface area contributed by atoms with Crippen LogP contribution in [-0.4, -0.2) is 30.5 Å². The number of amides is 1. The van der Waals surface area contributed by atoms with Gasteiger partial charge in [-0.1, -0.05) is 40.9 Å². The van der Waals surface area contributed by atoms with E-state index in [1.165, 1.54) is 5.56 Å². The van der Waals surface area contributed by atoms with Crippen molar-refractivity contribution in [1.29, 1.82) is 0 Å². The predicted molar refractivity (Wildman–Crippen MR) is 102 cm³/mol. The molecule has 0 aromatic heterocycles. The molecule has 0 aliphatic carbocycles. The van der Waals surface area contributed by atoms with Gasteiger partial charge in [0.1, 0.15) is 6.10 Å². The molecule has 132 valence electrons. The Morgan fingerprint density at radius 3 is 2.24 bits per heavy atom. The molecule has 2 aromatic carbocycles. The van der Waals surface area contributed by atoms with Crippen LogP contribution in [0.2, 0.25) is 10.0 Å². The van der Waals surface area contributed by atoms with Crippen molar-refractivity contribution in [2.75, 3.05) is 19.7 Å². The number of rotatable bonds is 2. The van der Waals surface area contributed by atoms with Crippen LogP contribution in [0.1, 0.15) is 38.7 Å². The number of aryl methyl sites for hydroxylation is 3. The van der Waals surface area contributed by atoms with Crippen LogP contribution in [0.25, 0.3) is 0 Å². The molecule has 1 fully saturated rings. The molecule has 0 radical (unpaired) electrons. The zero-order chi connectivity index (χ0) is 18.1. The smallest absolute Gasteiger partial charge is 0.254 e. The lowest BCUT2D eigenvalue weighted by atomic mass is 9.98. The van der Waals surface area contributed by atoms with Gasteiger partial charge in [-0.05, 0) is 55.7 Å². The summed E-state index contributed by atoms with van der Waals surface area (Å²) in [4.78, 5) is 14.9. The number of carbonyl (C=O) groups excluding carboxylic acids is 1. The Balaban J connectivity index is 1.85. The Hall–Kier alpha value is -1.55. The van der Waals surface area contributed by atoms with E-state index < -0.39 is 0 Å². The van der Waals surface area contributed by atoms with E-state index in [2.05, 4.69) is 12.1 Å². The molecular weight excluding hydrogens is 357 g/mol. The lowest BCUT2D eigenvalue weighted by Gasteiger charge is -2.34. The van der Waals surface area contributed by atoms with Crippen LogP contribution in [0.5, 0.6) is 0 Å². The number of benzene rings is 2.